The molecule has 0 aliphatic rings. The predicted molar refractivity (Wildman–Crippen MR) is 135 cm³/mol. The molecule has 5 aromatic carbocycles. The minimum Gasteiger partial charge on any atom is -0.309 e. The summed E-state index contributed by atoms with van der Waals surface area (Å²) in [5.74, 6) is 0. The van der Waals surface area contributed by atoms with E-state index in [9.17, 15) is 5.26 Å². The van der Waals surface area contributed by atoms with Gasteiger partial charge in [0, 0.05) is 10.8 Å². The van der Waals surface area contributed by atoms with Gasteiger partial charge in [0.25, 0.3) is 0 Å². The molecule has 0 amide bonds. The van der Waals surface area contributed by atoms with E-state index in [0.29, 0.717) is 11.3 Å². The zero-order valence-electron chi connectivity index (χ0n) is 17.7. The molecule has 0 bridgehead atoms. The van der Waals surface area contributed by atoms with Crippen LogP contribution in [0.1, 0.15) is 5.56 Å². The highest BCUT2D eigenvalue weighted by Gasteiger charge is 2.18. The van der Waals surface area contributed by atoms with Crippen molar-refractivity contribution in [2.75, 3.05) is 0 Å². The van der Waals surface area contributed by atoms with E-state index in [1.807, 2.05) is 24.3 Å². The van der Waals surface area contributed by atoms with Crippen molar-refractivity contribution in [1.82, 2.24) is 4.57 Å². The summed E-state index contributed by atoms with van der Waals surface area (Å²) >= 11 is 0. The maximum absolute atomic E-state index is 9.85. The van der Waals surface area contributed by atoms with Crippen LogP contribution in [0.25, 0.3) is 54.2 Å². The number of nitriles is 1. The van der Waals surface area contributed by atoms with Crippen molar-refractivity contribution in [2.45, 2.75) is 0 Å². The van der Waals surface area contributed by atoms with Crippen LogP contribution >= 0.6 is 0 Å². The van der Waals surface area contributed by atoms with E-state index in [1.54, 1.807) is 12.1 Å². The summed E-state index contributed by atoms with van der Waals surface area (Å²) in [6.07, 6.45) is 0. The highest BCUT2D eigenvalue weighted by Crippen LogP contribution is 2.39. The molecule has 6 aromatic rings. The molecule has 0 N–H and O–H groups in total. The van der Waals surface area contributed by atoms with Gasteiger partial charge in [-0.1, -0.05) is 78.9 Å². The van der Waals surface area contributed by atoms with Gasteiger partial charge < -0.3 is 4.57 Å². The smallest absolute Gasteiger partial charge is 0.189 e. The van der Waals surface area contributed by atoms with Crippen molar-refractivity contribution in [3.8, 4) is 22.9 Å². The molecule has 0 spiro atoms. The third-order valence-electron chi connectivity index (χ3n) is 6.23. The second kappa shape index (κ2) is 7.38. The Balaban J connectivity index is 1.80. The first-order valence-corrected chi connectivity index (χ1v) is 10.7. The van der Waals surface area contributed by atoms with Crippen molar-refractivity contribution < 1.29 is 0 Å². The second-order valence-corrected chi connectivity index (χ2v) is 8.04. The van der Waals surface area contributed by atoms with Crippen molar-refractivity contribution in [3.05, 3.63) is 120 Å². The van der Waals surface area contributed by atoms with Crippen molar-refractivity contribution in [3.63, 3.8) is 0 Å². The van der Waals surface area contributed by atoms with Crippen LogP contribution in [0.3, 0.4) is 0 Å². The highest BCUT2D eigenvalue weighted by atomic mass is 15.0. The van der Waals surface area contributed by atoms with Gasteiger partial charge in [0.1, 0.15) is 6.07 Å². The molecule has 6 rings (SSSR count). The van der Waals surface area contributed by atoms with Crippen LogP contribution in [0.4, 0.5) is 5.69 Å². The number of hydrogen-bond donors (Lipinski definition) is 0. The minimum absolute atomic E-state index is 0.515. The SMILES string of the molecule is [C-]#[N+]c1ccc(C#N)c(-n2c3ccc(-c4ccccc4)cc3c3c4ccccc4ccc32)c1. The Morgan fingerprint density at radius 3 is 2.30 bits per heavy atom. The Bertz CT molecular complexity index is 1780. The van der Waals surface area contributed by atoms with E-state index in [2.05, 4.69) is 82.2 Å². The van der Waals surface area contributed by atoms with E-state index in [-0.39, 0.29) is 0 Å². The Labute approximate surface area is 191 Å². The van der Waals surface area contributed by atoms with Crippen molar-refractivity contribution in [1.29, 1.82) is 5.26 Å². The van der Waals surface area contributed by atoms with Crippen LogP contribution in [-0.2, 0) is 0 Å². The standard InChI is InChI=1S/C30H17N3/c1-32-24-14-11-23(19-31)29(18-24)33-27-15-13-22(20-7-3-2-4-8-20)17-26(27)30-25-10-6-5-9-21(25)12-16-28(30)33/h2-18H. The first-order chi connectivity index (χ1) is 16.3. The number of nitrogens with zero attached hydrogens (tertiary/aromatic N) is 3. The molecule has 0 atom stereocenters. The molecule has 0 fully saturated rings. The Morgan fingerprint density at radius 2 is 1.48 bits per heavy atom. The van der Waals surface area contributed by atoms with E-state index in [1.165, 1.54) is 10.8 Å². The summed E-state index contributed by atoms with van der Waals surface area (Å²) in [4.78, 5) is 3.61. The number of hydrogen-bond acceptors (Lipinski definition) is 1. The van der Waals surface area contributed by atoms with Gasteiger partial charge in [-0.2, -0.15) is 5.26 Å². The molecular formula is C30H17N3. The first kappa shape index (κ1) is 18.9. The fraction of sp³-hybridized carbons (Fsp3) is 0. The quantitative estimate of drug-likeness (QED) is 0.262. The molecule has 0 aliphatic heterocycles. The average Bonchev–Trinajstić information content (AvgIpc) is 3.22. The molecule has 0 aliphatic carbocycles. The second-order valence-electron chi connectivity index (χ2n) is 8.04. The van der Waals surface area contributed by atoms with Crippen LogP contribution in [0, 0.1) is 17.9 Å². The third-order valence-corrected chi connectivity index (χ3v) is 6.23. The third kappa shape index (κ3) is 2.88. The number of aromatic nitrogens is 1. The topological polar surface area (TPSA) is 33.1 Å². The lowest BCUT2D eigenvalue weighted by molar-refractivity contribution is 1.17. The van der Waals surface area contributed by atoms with Crippen LogP contribution in [0.2, 0.25) is 0 Å². The molecule has 0 saturated heterocycles. The van der Waals surface area contributed by atoms with E-state index in [0.717, 1.165) is 38.6 Å². The highest BCUT2D eigenvalue weighted by molar-refractivity contribution is 6.22. The van der Waals surface area contributed by atoms with Crippen molar-refractivity contribution >= 4 is 38.3 Å². The zero-order chi connectivity index (χ0) is 22.4. The Kier molecular flexibility index (Phi) is 4.22. The zero-order valence-corrected chi connectivity index (χ0v) is 17.7. The molecule has 0 saturated carbocycles. The number of fused-ring (bicyclic) bond motifs is 5. The van der Waals surface area contributed by atoms with Crippen LogP contribution in [0.15, 0.2) is 103 Å². The summed E-state index contributed by atoms with van der Waals surface area (Å²) in [7, 11) is 0. The lowest BCUT2D eigenvalue weighted by Gasteiger charge is -2.11. The lowest BCUT2D eigenvalue weighted by atomic mass is 10.0. The Hall–Kier alpha value is -4.86. The first-order valence-electron chi connectivity index (χ1n) is 10.7. The number of benzene rings is 5. The van der Waals surface area contributed by atoms with Gasteiger partial charge in [-0.05, 0) is 46.2 Å². The molecule has 3 heteroatoms. The summed E-state index contributed by atoms with van der Waals surface area (Å²) in [6, 6.07) is 37.0. The van der Waals surface area contributed by atoms with Gasteiger partial charge >= 0.3 is 0 Å². The predicted octanol–water partition coefficient (Wildman–Crippen LogP) is 8.03. The molecule has 0 radical (unpaired) electrons. The van der Waals surface area contributed by atoms with Gasteiger partial charge in [0.15, 0.2) is 5.69 Å². The maximum atomic E-state index is 9.85. The fourth-order valence-electron chi connectivity index (χ4n) is 4.73. The molecule has 1 heterocycles. The van der Waals surface area contributed by atoms with Gasteiger partial charge in [0.05, 0.1) is 28.9 Å². The summed E-state index contributed by atoms with van der Waals surface area (Å²) in [6.45, 7) is 7.48. The van der Waals surface area contributed by atoms with Gasteiger partial charge in [0.2, 0.25) is 0 Å². The maximum Gasteiger partial charge on any atom is 0.189 e. The van der Waals surface area contributed by atoms with Crippen LogP contribution < -0.4 is 0 Å². The summed E-state index contributed by atoms with van der Waals surface area (Å²) in [5.41, 5.74) is 6.13. The van der Waals surface area contributed by atoms with Gasteiger partial charge in [-0.3, -0.25) is 0 Å². The van der Waals surface area contributed by atoms with E-state index >= 15 is 0 Å². The summed E-state index contributed by atoms with van der Waals surface area (Å²) < 4.78 is 2.12. The molecule has 3 nitrogen and oxygen atoms in total. The largest absolute Gasteiger partial charge is 0.309 e. The normalized spacial score (nSPS) is 11.0. The van der Waals surface area contributed by atoms with E-state index in [4.69, 9.17) is 6.57 Å². The molecular weight excluding hydrogens is 402 g/mol. The average molecular weight is 419 g/mol. The monoisotopic (exact) mass is 419 g/mol. The van der Waals surface area contributed by atoms with Crippen LogP contribution in [-0.4, -0.2) is 4.57 Å². The van der Waals surface area contributed by atoms with Gasteiger partial charge in [-0.15, -0.1) is 0 Å². The van der Waals surface area contributed by atoms with E-state index < -0.39 is 0 Å². The molecule has 152 valence electrons. The molecule has 0 unspecified atom stereocenters. The minimum atomic E-state index is 0.515. The molecule has 1 aromatic heterocycles. The van der Waals surface area contributed by atoms with Crippen molar-refractivity contribution in [2.24, 2.45) is 0 Å². The lowest BCUT2D eigenvalue weighted by Crippen LogP contribution is -1.97. The summed E-state index contributed by atoms with van der Waals surface area (Å²) in [5, 5.41) is 14.5. The Morgan fingerprint density at radius 1 is 0.697 bits per heavy atom. The van der Waals surface area contributed by atoms with Gasteiger partial charge in [-0.25, -0.2) is 4.85 Å². The molecule has 33 heavy (non-hydrogen) atoms. The fourth-order valence-corrected chi connectivity index (χ4v) is 4.73. The number of rotatable bonds is 2. The van der Waals surface area contributed by atoms with Crippen LogP contribution in [0.5, 0.6) is 0 Å².